The van der Waals surface area contributed by atoms with Crippen LogP contribution in [-0.4, -0.2) is 18.4 Å². The second-order valence-corrected chi connectivity index (χ2v) is 4.07. The third-order valence-electron chi connectivity index (χ3n) is 2.62. The minimum atomic E-state index is -0.474. The van der Waals surface area contributed by atoms with Crippen LogP contribution in [0.15, 0.2) is 0 Å². The molecule has 0 aromatic carbocycles. The van der Waals surface area contributed by atoms with Crippen LogP contribution in [0.1, 0.15) is 39.5 Å². The molecule has 14 heavy (non-hydrogen) atoms. The van der Waals surface area contributed by atoms with Gasteiger partial charge in [-0.25, -0.2) is 0 Å². The highest BCUT2D eigenvalue weighted by molar-refractivity contribution is 5.99. The Balaban J connectivity index is 2.43. The highest BCUT2D eigenvalue weighted by Crippen LogP contribution is 2.26. The molecule has 0 heterocycles. The molecule has 0 bridgehead atoms. The van der Waals surface area contributed by atoms with Gasteiger partial charge in [-0.1, -0.05) is 13.8 Å². The lowest BCUT2D eigenvalue weighted by atomic mass is 9.82. The van der Waals surface area contributed by atoms with E-state index in [0.717, 1.165) is 12.8 Å². The molecule has 1 aliphatic rings. The van der Waals surface area contributed by atoms with E-state index in [1.165, 1.54) is 0 Å². The molecular weight excluding hydrogens is 180 g/mol. The quantitative estimate of drug-likeness (QED) is 0.514. The van der Waals surface area contributed by atoms with Gasteiger partial charge in [0.2, 0.25) is 0 Å². The number of Topliss-reactive ketones (excluding diaryl/α,β-unsaturated/α-hetero) is 1. The van der Waals surface area contributed by atoms with Crippen molar-refractivity contribution in [2.24, 2.45) is 11.8 Å². The van der Waals surface area contributed by atoms with Crippen LogP contribution in [0, 0.1) is 11.8 Å². The molecule has 2 atom stereocenters. The Hall–Kier alpha value is -0.860. The van der Waals surface area contributed by atoms with Gasteiger partial charge in [-0.2, -0.15) is 0 Å². The van der Waals surface area contributed by atoms with Crippen LogP contribution >= 0.6 is 0 Å². The summed E-state index contributed by atoms with van der Waals surface area (Å²) in [5.41, 5.74) is 0. The fraction of sp³-hybridized carbons (Fsp3) is 0.818. The maximum atomic E-state index is 11.5. The van der Waals surface area contributed by atoms with Crippen molar-refractivity contribution in [3.05, 3.63) is 0 Å². The summed E-state index contributed by atoms with van der Waals surface area (Å²) in [4.78, 5) is 22.9. The second kappa shape index (κ2) is 5.13. The molecule has 3 nitrogen and oxygen atoms in total. The maximum absolute atomic E-state index is 11.5. The summed E-state index contributed by atoms with van der Waals surface area (Å²) < 4.78 is 4.98. The first-order chi connectivity index (χ1) is 6.65. The van der Waals surface area contributed by atoms with Gasteiger partial charge in [-0.15, -0.1) is 0 Å². The third-order valence-corrected chi connectivity index (χ3v) is 2.62. The van der Waals surface area contributed by atoms with E-state index in [2.05, 4.69) is 0 Å². The van der Waals surface area contributed by atoms with Gasteiger partial charge < -0.3 is 4.74 Å². The molecule has 0 aliphatic heterocycles. The number of carbonyl (C=O) groups is 2. The van der Waals surface area contributed by atoms with Crippen LogP contribution in [0.3, 0.4) is 0 Å². The summed E-state index contributed by atoms with van der Waals surface area (Å²) >= 11 is 0. The minimum absolute atomic E-state index is 0.0600. The number of ketones is 1. The topological polar surface area (TPSA) is 43.4 Å². The number of carbonyl (C=O) groups excluding carboxylic acids is 2. The highest BCUT2D eigenvalue weighted by atomic mass is 16.5. The van der Waals surface area contributed by atoms with Crippen LogP contribution < -0.4 is 0 Å². The first-order valence-electron chi connectivity index (χ1n) is 5.34. The van der Waals surface area contributed by atoms with Crippen molar-refractivity contribution in [2.45, 2.75) is 39.5 Å². The number of esters is 1. The summed E-state index contributed by atoms with van der Waals surface area (Å²) in [6, 6.07) is 0. The Bertz CT molecular complexity index is 223. The van der Waals surface area contributed by atoms with Crippen molar-refractivity contribution >= 4 is 11.8 Å². The summed E-state index contributed by atoms with van der Waals surface area (Å²) in [6.45, 7) is 4.42. The zero-order chi connectivity index (χ0) is 10.6. The van der Waals surface area contributed by atoms with Gasteiger partial charge in [0.1, 0.15) is 11.7 Å². The molecule has 1 fully saturated rings. The predicted molar refractivity (Wildman–Crippen MR) is 52.8 cm³/mol. The monoisotopic (exact) mass is 198 g/mol. The van der Waals surface area contributed by atoms with E-state index >= 15 is 0 Å². The smallest absolute Gasteiger partial charge is 0.316 e. The van der Waals surface area contributed by atoms with Gasteiger partial charge in [-0.3, -0.25) is 9.59 Å². The lowest BCUT2D eigenvalue weighted by molar-refractivity contribution is -0.153. The molecule has 0 aromatic heterocycles. The molecule has 0 aromatic rings. The predicted octanol–water partition coefficient (Wildman–Crippen LogP) is 1.94. The summed E-state index contributed by atoms with van der Waals surface area (Å²) in [5, 5.41) is 0. The Morgan fingerprint density at radius 2 is 2.21 bits per heavy atom. The van der Waals surface area contributed by atoms with Crippen LogP contribution in [-0.2, 0) is 14.3 Å². The highest BCUT2D eigenvalue weighted by Gasteiger charge is 2.32. The standard InChI is InChI=1S/C11H18O3/c1-3-6-14-11(13)9-5-4-8(2)7-10(9)12/h8-9H,3-7H2,1-2H3. The van der Waals surface area contributed by atoms with Gasteiger partial charge in [0, 0.05) is 6.42 Å². The normalized spacial score (nSPS) is 27.4. The molecule has 1 saturated carbocycles. The van der Waals surface area contributed by atoms with E-state index in [0.29, 0.717) is 25.4 Å². The Morgan fingerprint density at radius 3 is 2.79 bits per heavy atom. The van der Waals surface area contributed by atoms with Crippen molar-refractivity contribution in [2.75, 3.05) is 6.61 Å². The van der Waals surface area contributed by atoms with Crippen molar-refractivity contribution in [3.8, 4) is 0 Å². The molecule has 0 saturated heterocycles. The molecule has 0 amide bonds. The van der Waals surface area contributed by atoms with E-state index < -0.39 is 5.92 Å². The van der Waals surface area contributed by atoms with Crippen molar-refractivity contribution in [3.63, 3.8) is 0 Å². The Labute approximate surface area is 84.8 Å². The maximum Gasteiger partial charge on any atom is 0.316 e. The van der Waals surface area contributed by atoms with E-state index in [1.807, 2.05) is 13.8 Å². The van der Waals surface area contributed by atoms with Crippen molar-refractivity contribution < 1.29 is 14.3 Å². The van der Waals surface area contributed by atoms with E-state index in [9.17, 15) is 9.59 Å². The number of ether oxygens (including phenoxy) is 1. The van der Waals surface area contributed by atoms with Gasteiger partial charge in [0.25, 0.3) is 0 Å². The first-order valence-corrected chi connectivity index (χ1v) is 5.34. The van der Waals surface area contributed by atoms with Crippen LogP contribution in [0.5, 0.6) is 0 Å². The molecule has 0 radical (unpaired) electrons. The number of rotatable bonds is 3. The van der Waals surface area contributed by atoms with Crippen LogP contribution in [0.2, 0.25) is 0 Å². The van der Waals surface area contributed by atoms with Crippen molar-refractivity contribution in [1.29, 1.82) is 0 Å². The zero-order valence-corrected chi connectivity index (χ0v) is 8.91. The van der Waals surface area contributed by atoms with Gasteiger partial charge >= 0.3 is 5.97 Å². The molecule has 80 valence electrons. The first kappa shape index (κ1) is 11.2. The fourth-order valence-electron chi connectivity index (χ4n) is 1.75. The minimum Gasteiger partial charge on any atom is -0.465 e. The van der Waals surface area contributed by atoms with Gasteiger partial charge in [0.15, 0.2) is 0 Å². The summed E-state index contributed by atoms with van der Waals surface area (Å²) in [6.07, 6.45) is 2.97. The molecule has 0 N–H and O–H groups in total. The fourth-order valence-corrected chi connectivity index (χ4v) is 1.75. The van der Waals surface area contributed by atoms with Gasteiger partial charge in [-0.05, 0) is 25.2 Å². The van der Waals surface area contributed by atoms with Gasteiger partial charge in [0.05, 0.1) is 6.61 Å². The van der Waals surface area contributed by atoms with E-state index in [1.54, 1.807) is 0 Å². The molecule has 1 aliphatic carbocycles. The zero-order valence-electron chi connectivity index (χ0n) is 8.91. The largest absolute Gasteiger partial charge is 0.465 e. The average Bonchev–Trinajstić information content (AvgIpc) is 2.14. The summed E-state index contributed by atoms with van der Waals surface area (Å²) in [7, 11) is 0. The molecule has 3 heteroatoms. The Kier molecular flexibility index (Phi) is 4.11. The third kappa shape index (κ3) is 2.82. The lowest BCUT2D eigenvalue weighted by Crippen LogP contribution is -2.31. The average molecular weight is 198 g/mol. The van der Waals surface area contributed by atoms with Crippen LogP contribution in [0.4, 0.5) is 0 Å². The summed E-state index contributed by atoms with van der Waals surface area (Å²) in [5.74, 6) is -0.302. The molecule has 2 unspecified atom stereocenters. The van der Waals surface area contributed by atoms with Crippen LogP contribution in [0.25, 0.3) is 0 Å². The number of hydrogen-bond acceptors (Lipinski definition) is 3. The molecular formula is C11H18O3. The molecule has 0 spiro atoms. The van der Waals surface area contributed by atoms with E-state index in [4.69, 9.17) is 4.74 Å². The van der Waals surface area contributed by atoms with Crippen molar-refractivity contribution in [1.82, 2.24) is 0 Å². The van der Waals surface area contributed by atoms with E-state index in [-0.39, 0.29) is 11.8 Å². The number of hydrogen-bond donors (Lipinski definition) is 0. The SMILES string of the molecule is CCCOC(=O)C1CCC(C)CC1=O. The second-order valence-electron chi connectivity index (χ2n) is 4.07. The molecule has 1 rings (SSSR count). The Morgan fingerprint density at radius 1 is 1.50 bits per heavy atom. The lowest BCUT2D eigenvalue weighted by Gasteiger charge is -2.23.